The zero-order chi connectivity index (χ0) is 8.27. The van der Waals surface area contributed by atoms with E-state index in [-0.39, 0.29) is 5.92 Å². The minimum absolute atomic E-state index is 0.0288. The summed E-state index contributed by atoms with van der Waals surface area (Å²) in [6.45, 7) is 5.48. The fourth-order valence-corrected chi connectivity index (χ4v) is 0.848. The second kappa shape index (κ2) is 3.39. The lowest BCUT2D eigenvalue weighted by molar-refractivity contribution is 0.114. The molecule has 0 bridgehead atoms. The Kier molecular flexibility index (Phi) is 2.49. The van der Waals surface area contributed by atoms with E-state index in [2.05, 4.69) is 6.58 Å². The van der Waals surface area contributed by atoms with Gasteiger partial charge >= 0.3 is 0 Å². The molecule has 0 aromatic carbocycles. The largest absolute Gasteiger partial charge is 0.467 e. The molecule has 0 aliphatic heterocycles. The van der Waals surface area contributed by atoms with Crippen molar-refractivity contribution in [1.82, 2.24) is 0 Å². The quantitative estimate of drug-likeness (QED) is 0.673. The highest BCUT2D eigenvalue weighted by Gasteiger charge is 2.15. The van der Waals surface area contributed by atoms with Crippen LogP contribution in [0.3, 0.4) is 0 Å². The minimum atomic E-state index is -0.567. The Hall–Kier alpha value is -1.02. The highest BCUT2D eigenvalue weighted by Crippen LogP contribution is 2.22. The van der Waals surface area contributed by atoms with Crippen LogP contribution in [-0.2, 0) is 0 Å². The maximum atomic E-state index is 9.51. The molecule has 60 valence electrons. The zero-order valence-corrected chi connectivity index (χ0v) is 6.53. The summed E-state index contributed by atoms with van der Waals surface area (Å²) >= 11 is 0. The van der Waals surface area contributed by atoms with Crippen LogP contribution >= 0.6 is 0 Å². The zero-order valence-electron chi connectivity index (χ0n) is 6.53. The highest BCUT2D eigenvalue weighted by atomic mass is 16.4. The van der Waals surface area contributed by atoms with E-state index in [0.29, 0.717) is 5.76 Å². The number of rotatable bonds is 3. The second-order valence-electron chi connectivity index (χ2n) is 2.56. The first kappa shape index (κ1) is 8.08. The Morgan fingerprint density at radius 1 is 1.73 bits per heavy atom. The molecule has 0 spiro atoms. The molecule has 0 radical (unpaired) electrons. The van der Waals surface area contributed by atoms with Gasteiger partial charge in [0.15, 0.2) is 0 Å². The van der Waals surface area contributed by atoms with E-state index in [1.165, 1.54) is 0 Å². The summed E-state index contributed by atoms with van der Waals surface area (Å²) in [6.07, 6.45) is 2.68. The molecule has 1 rings (SSSR count). The molecule has 0 aliphatic rings. The average molecular weight is 152 g/mol. The molecular formula is C9H12O2. The van der Waals surface area contributed by atoms with Gasteiger partial charge in [-0.2, -0.15) is 0 Å². The molecule has 0 saturated heterocycles. The first-order chi connectivity index (χ1) is 5.25. The van der Waals surface area contributed by atoms with Crippen molar-refractivity contribution in [2.75, 3.05) is 0 Å². The third-order valence-corrected chi connectivity index (χ3v) is 1.70. The van der Waals surface area contributed by atoms with Crippen LogP contribution in [0.5, 0.6) is 0 Å². The lowest BCUT2D eigenvalue weighted by Crippen LogP contribution is -2.04. The predicted molar refractivity (Wildman–Crippen MR) is 43.0 cm³/mol. The molecule has 0 amide bonds. The van der Waals surface area contributed by atoms with Gasteiger partial charge in [0.25, 0.3) is 0 Å². The van der Waals surface area contributed by atoms with Crippen LogP contribution in [0.15, 0.2) is 35.5 Å². The van der Waals surface area contributed by atoms with Crippen molar-refractivity contribution in [3.05, 3.63) is 36.8 Å². The van der Waals surface area contributed by atoms with Gasteiger partial charge in [-0.05, 0) is 12.1 Å². The van der Waals surface area contributed by atoms with Crippen molar-refractivity contribution in [1.29, 1.82) is 0 Å². The Labute approximate surface area is 66.2 Å². The maximum absolute atomic E-state index is 9.51. The van der Waals surface area contributed by atoms with E-state index >= 15 is 0 Å². The van der Waals surface area contributed by atoms with Gasteiger partial charge < -0.3 is 9.52 Å². The number of hydrogen-bond donors (Lipinski definition) is 1. The lowest BCUT2D eigenvalue weighted by Gasteiger charge is -2.11. The van der Waals surface area contributed by atoms with Gasteiger partial charge in [0.1, 0.15) is 11.9 Å². The van der Waals surface area contributed by atoms with Crippen LogP contribution in [0, 0.1) is 5.92 Å². The summed E-state index contributed by atoms with van der Waals surface area (Å²) < 4.78 is 5.02. The van der Waals surface area contributed by atoms with Gasteiger partial charge in [-0.25, -0.2) is 0 Å². The Morgan fingerprint density at radius 3 is 2.91 bits per heavy atom. The Bertz CT molecular complexity index is 213. The molecular weight excluding hydrogens is 140 g/mol. The molecule has 1 N–H and O–H groups in total. The molecule has 0 fully saturated rings. The van der Waals surface area contributed by atoms with Crippen molar-refractivity contribution in [3.8, 4) is 0 Å². The molecule has 2 atom stereocenters. The number of hydrogen-bond acceptors (Lipinski definition) is 2. The molecule has 0 aliphatic carbocycles. The molecule has 2 nitrogen and oxygen atoms in total. The summed E-state index contributed by atoms with van der Waals surface area (Å²) in [7, 11) is 0. The van der Waals surface area contributed by atoms with E-state index in [0.717, 1.165) is 0 Å². The van der Waals surface area contributed by atoms with Gasteiger partial charge in [-0.1, -0.05) is 13.0 Å². The molecule has 1 aromatic rings. The average Bonchev–Trinajstić information content (AvgIpc) is 2.53. The molecule has 0 saturated carbocycles. The first-order valence-electron chi connectivity index (χ1n) is 3.59. The van der Waals surface area contributed by atoms with Gasteiger partial charge in [-0.15, -0.1) is 6.58 Å². The Morgan fingerprint density at radius 2 is 2.45 bits per heavy atom. The van der Waals surface area contributed by atoms with Crippen molar-refractivity contribution in [2.24, 2.45) is 5.92 Å². The van der Waals surface area contributed by atoms with Crippen LogP contribution in [0.25, 0.3) is 0 Å². The van der Waals surface area contributed by atoms with E-state index in [1.54, 1.807) is 24.5 Å². The first-order valence-corrected chi connectivity index (χ1v) is 3.59. The molecule has 1 aromatic heterocycles. The molecule has 2 heteroatoms. The summed E-state index contributed by atoms with van der Waals surface area (Å²) in [6, 6.07) is 3.51. The van der Waals surface area contributed by atoms with Crippen molar-refractivity contribution in [2.45, 2.75) is 13.0 Å². The van der Waals surface area contributed by atoms with Crippen LogP contribution < -0.4 is 0 Å². The van der Waals surface area contributed by atoms with Crippen LogP contribution in [-0.4, -0.2) is 5.11 Å². The smallest absolute Gasteiger partial charge is 0.132 e. The maximum Gasteiger partial charge on any atom is 0.132 e. The Balaban J connectivity index is 2.69. The van der Waals surface area contributed by atoms with Gasteiger partial charge in [0, 0.05) is 5.92 Å². The van der Waals surface area contributed by atoms with Gasteiger partial charge in [0.05, 0.1) is 6.26 Å². The summed E-state index contributed by atoms with van der Waals surface area (Å²) in [4.78, 5) is 0. The fourth-order valence-electron chi connectivity index (χ4n) is 0.848. The van der Waals surface area contributed by atoms with E-state index in [4.69, 9.17) is 4.42 Å². The normalized spacial score (nSPS) is 15.8. The molecule has 1 heterocycles. The molecule has 11 heavy (non-hydrogen) atoms. The van der Waals surface area contributed by atoms with Gasteiger partial charge in [-0.3, -0.25) is 0 Å². The van der Waals surface area contributed by atoms with Crippen LogP contribution in [0.1, 0.15) is 18.8 Å². The summed E-state index contributed by atoms with van der Waals surface area (Å²) in [5.41, 5.74) is 0. The standard InChI is InChI=1S/C9H12O2/c1-3-7(2)9(10)8-5-4-6-11-8/h3-7,9-10H,1H2,2H3/t7-,9+/m0/s1. The van der Waals surface area contributed by atoms with E-state index in [9.17, 15) is 5.11 Å². The predicted octanol–water partition coefficient (Wildman–Crippen LogP) is 2.14. The summed E-state index contributed by atoms with van der Waals surface area (Å²) in [5, 5.41) is 9.51. The van der Waals surface area contributed by atoms with Crippen LogP contribution in [0.4, 0.5) is 0 Å². The van der Waals surface area contributed by atoms with Crippen molar-refractivity contribution < 1.29 is 9.52 Å². The van der Waals surface area contributed by atoms with Crippen LogP contribution in [0.2, 0.25) is 0 Å². The second-order valence-corrected chi connectivity index (χ2v) is 2.56. The van der Waals surface area contributed by atoms with Gasteiger partial charge in [0.2, 0.25) is 0 Å². The third kappa shape index (κ3) is 1.71. The topological polar surface area (TPSA) is 33.4 Å². The van der Waals surface area contributed by atoms with E-state index in [1.807, 2.05) is 6.92 Å². The number of aliphatic hydroxyl groups excluding tert-OH is 1. The van der Waals surface area contributed by atoms with E-state index < -0.39 is 6.10 Å². The fraction of sp³-hybridized carbons (Fsp3) is 0.333. The number of furan rings is 1. The SMILES string of the molecule is C=C[C@H](C)[C@@H](O)c1ccco1. The lowest BCUT2D eigenvalue weighted by atomic mass is 10.0. The van der Waals surface area contributed by atoms with Crippen molar-refractivity contribution in [3.63, 3.8) is 0 Å². The third-order valence-electron chi connectivity index (χ3n) is 1.70. The minimum Gasteiger partial charge on any atom is -0.467 e. The van der Waals surface area contributed by atoms with Crippen molar-refractivity contribution >= 4 is 0 Å². The number of aliphatic hydroxyl groups is 1. The summed E-state index contributed by atoms with van der Waals surface area (Å²) in [5.74, 6) is 0.624. The molecule has 0 unspecified atom stereocenters. The monoisotopic (exact) mass is 152 g/mol. The highest BCUT2D eigenvalue weighted by molar-refractivity contribution is 5.04.